The van der Waals surface area contributed by atoms with Crippen molar-refractivity contribution < 1.29 is 9.47 Å². The van der Waals surface area contributed by atoms with Crippen LogP contribution in [0, 0.1) is 5.41 Å². The number of hydrogen-bond donors (Lipinski definition) is 0. The predicted molar refractivity (Wildman–Crippen MR) is 144 cm³/mol. The molecule has 2 aliphatic heterocycles. The number of benzene rings is 1. The van der Waals surface area contributed by atoms with Crippen molar-refractivity contribution in [3.05, 3.63) is 47.8 Å². The highest BCUT2D eigenvalue weighted by Gasteiger charge is 2.53. The summed E-state index contributed by atoms with van der Waals surface area (Å²) in [7, 11) is 3.34. The summed E-state index contributed by atoms with van der Waals surface area (Å²) < 4.78 is 13.2. The Morgan fingerprint density at radius 1 is 0.972 bits per heavy atom. The number of methoxy groups -OCH3 is 2. The third kappa shape index (κ3) is 4.08. The summed E-state index contributed by atoms with van der Waals surface area (Å²) in [5, 5.41) is 0. The maximum absolute atomic E-state index is 5.52. The van der Waals surface area contributed by atoms with Gasteiger partial charge in [0.1, 0.15) is 5.65 Å². The Kier molecular flexibility index (Phi) is 6.21. The third-order valence-electron chi connectivity index (χ3n) is 9.13. The largest absolute Gasteiger partial charge is 0.493 e. The number of hydrogen-bond acceptors (Lipinski definition) is 5. The van der Waals surface area contributed by atoms with Crippen molar-refractivity contribution in [2.45, 2.75) is 57.9 Å². The smallest absolute Gasteiger partial charge is 0.161 e. The lowest BCUT2D eigenvalue weighted by molar-refractivity contribution is -0.110. The minimum absolute atomic E-state index is 0.635. The fourth-order valence-electron chi connectivity index (χ4n) is 6.99. The van der Waals surface area contributed by atoms with Crippen molar-refractivity contribution in [3.8, 4) is 22.8 Å². The van der Waals surface area contributed by atoms with Crippen molar-refractivity contribution in [3.63, 3.8) is 0 Å². The molecule has 0 atom stereocenters. The number of pyridine rings is 1. The van der Waals surface area contributed by atoms with Crippen LogP contribution in [0.4, 0.5) is 0 Å². The Labute approximate surface area is 215 Å². The quantitative estimate of drug-likeness (QED) is 0.455. The zero-order chi connectivity index (χ0) is 24.9. The van der Waals surface area contributed by atoms with E-state index in [-0.39, 0.29) is 0 Å². The van der Waals surface area contributed by atoms with Gasteiger partial charge in [0.2, 0.25) is 0 Å². The van der Waals surface area contributed by atoms with Crippen molar-refractivity contribution in [2.24, 2.45) is 5.41 Å². The molecule has 4 heterocycles. The van der Waals surface area contributed by atoms with Gasteiger partial charge >= 0.3 is 0 Å². The van der Waals surface area contributed by atoms with Gasteiger partial charge in [-0.15, -0.1) is 0 Å². The molecule has 6 nitrogen and oxygen atoms in total. The summed E-state index contributed by atoms with van der Waals surface area (Å²) in [5.41, 5.74) is 6.54. The molecule has 0 radical (unpaired) electrons. The van der Waals surface area contributed by atoms with Crippen LogP contribution in [0.3, 0.4) is 0 Å². The summed E-state index contributed by atoms with van der Waals surface area (Å²) >= 11 is 0. The second kappa shape index (κ2) is 9.38. The Morgan fingerprint density at radius 2 is 1.72 bits per heavy atom. The molecule has 0 N–H and O–H groups in total. The minimum Gasteiger partial charge on any atom is -0.493 e. The van der Waals surface area contributed by atoms with Crippen LogP contribution in [0.15, 0.2) is 36.7 Å². The van der Waals surface area contributed by atoms with E-state index in [0.717, 1.165) is 40.9 Å². The fourth-order valence-corrected chi connectivity index (χ4v) is 6.99. The molecule has 192 valence electrons. The number of piperidine rings is 1. The number of aromatic nitrogens is 2. The molecule has 6 heteroatoms. The number of rotatable bonds is 7. The molecule has 1 aromatic carbocycles. The molecule has 3 aromatic rings. The zero-order valence-electron chi connectivity index (χ0n) is 22.3. The van der Waals surface area contributed by atoms with E-state index in [1.54, 1.807) is 14.2 Å². The van der Waals surface area contributed by atoms with Gasteiger partial charge in [-0.1, -0.05) is 19.9 Å². The molecule has 3 aliphatic rings. The van der Waals surface area contributed by atoms with Crippen LogP contribution in [0.25, 0.3) is 16.9 Å². The number of aryl methyl sites for hydroxylation is 1. The standard InChI is InChI=1S/C30H40N4O2/c1-5-21-13-24(22-9-11-33(12-10-22)25-15-30(16-25)19-32(6-2)20-30)17-34-18-26(31-29(21)34)23-7-8-27(35-3)28(14-23)36-4/h7-8,13-14,17-18,22,25H,5-6,9-12,15-16,19-20H2,1-4H3. The maximum atomic E-state index is 5.52. The summed E-state index contributed by atoms with van der Waals surface area (Å²) in [6, 6.07) is 9.27. The van der Waals surface area contributed by atoms with E-state index in [4.69, 9.17) is 14.5 Å². The molecule has 36 heavy (non-hydrogen) atoms. The van der Waals surface area contributed by atoms with Crippen LogP contribution in [-0.4, -0.2) is 72.2 Å². The molecule has 1 aliphatic carbocycles. The Balaban J connectivity index is 1.16. The van der Waals surface area contributed by atoms with Gasteiger partial charge in [-0.2, -0.15) is 0 Å². The van der Waals surface area contributed by atoms with Crippen LogP contribution in [0.1, 0.15) is 56.6 Å². The Bertz CT molecular complexity index is 1230. The summed E-state index contributed by atoms with van der Waals surface area (Å²) in [6.07, 6.45) is 10.9. The van der Waals surface area contributed by atoms with E-state index >= 15 is 0 Å². The SMILES string of the molecule is CCc1cc(C2CCN(C3CC4(C3)CN(CC)C4)CC2)cn2cc(-c3ccc(OC)c(OC)c3)nc12. The number of likely N-dealkylation sites (tertiary alicyclic amines) is 2. The second-order valence-corrected chi connectivity index (χ2v) is 11.3. The van der Waals surface area contributed by atoms with E-state index in [1.807, 2.05) is 12.1 Å². The van der Waals surface area contributed by atoms with Gasteiger partial charge < -0.3 is 23.7 Å². The maximum Gasteiger partial charge on any atom is 0.161 e. The van der Waals surface area contributed by atoms with Crippen molar-refractivity contribution in [1.82, 2.24) is 19.2 Å². The molecule has 0 unspecified atom stereocenters. The molecule has 6 rings (SSSR count). The predicted octanol–water partition coefficient (Wildman–Crippen LogP) is 5.24. The van der Waals surface area contributed by atoms with Gasteiger partial charge in [0.15, 0.2) is 11.5 Å². The van der Waals surface area contributed by atoms with E-state index in [9.17, 15) is 0 Å². The van der Waals surface area contributed by atoms with Gasteiger partial charge in [0.05, 0.1) is 19.9 Å². The zero-order valence-corrected chi connectivity index (χ0v) is 22.3. The molecule has 1 saturated carbocycles. The molecular formula is C30H40N4O2. The first-order valence-corrected chi connectivity index (χ1v) is 13.7. The van der Waals surface area contributed by atoms with Crippen LogP contribution >= 0.6 is 0 Å². The first-order valence-electron chi connectivity index (χ1n) is 13.7. The average molecular weight is 489 g/mol. The van der Waals surface area contributed by atoms with Crippen LogP contribution in [-0.2, 0) is 6.42 Å². The highest BCUT2D eigenvalue weighted by atomic mass is 16.5. The van der Waals surface area contributed by atoms with Gasteiger partial charge in [0, 0.05) is 37.1 Å². The number of nitrogens with zero attached hydrogens (tertiary/aromatic N) is 4. The Morgan fingerprint density at radius 3 is 2.39 bits per heavy atom. The number of ether oxygens (including phenoxy) is 2. The topological polar surface area (TPSA) is 42.2 Å². The lowest BCUT2D eigenvalue weighted by Crippen LogP contribution is -2.66. The van der Waals surface area contributed by atoms with E-state index in [2.05, 4.69) is 52.6 Å². The Hall–Kier alpha value is -2.57. The normalized spacial score (nSPS) is 21.0. The summed E-state index contributed by atoms with van der Waals surface area (Å²) in [6.45, 7) is 10.9. The molecule has 2 aromatic heterocycles. The van der Waals surface area contributed by atoms with Crippen LogP contribution in [0.5, 0.6) is 11.5 Å². The molecule has 0 bridgehead atoms. The van der Waals surface area contributed by atoms with Gasteiger partial charge in [-0.3, -0.25) is 0 Å². The minimum atomic E-state index is 0.635. The van der Waals surface area contributed by atoms with Crippen molar-refractivity contribution >= 4 is 5.65 Å². The average Bonchev–Trinajstić information content (AvgIpc) is 3.31. The van der Waals surface area contributed by atoms with E-state index in [0.29, 0.717) is 11.3 Å². The lowest BCUT2D eigenvalue weighted by atomic mass is 9.60. The second-order valence-electron chi connectivity index (χ2n) is 11.3. The molecule has 0 amide bonds. The van der Waals surface area contributed by atoms with Crippen LogP contribution < -0.4 is 9.47 Å². The monoisotopic (exact) mass is 488 g/mol. The number of fused-ring (bicyclic) bond motifs is 1. The van der Waals surface area contributed by atoms with Crippen molar-refractivity contribution in [2.75, 3.05) is 46.9 Å². The first-order chi connectivity index (χ1) is 17.5. The molecule has 2 saturated heterocycles. The van der Waals surface area contributed by atoms with E-state index < -0.39 is 0 Å². The molecular weight excluding hydrogens is 448 g/mol. The van der Waals surface area contributed by atoms with Crippen molar-refractivity contribution in [1.29, 1.82) is 0 Å². The molecule has 3 fully saturated rings. The summed E-state index contributed by atoms with van der Waals surface area (Å²) in [5.74, 6) is 2.10. The third-order valence-corrected chi connectivity index (χ3v) is 9.13. The van der Waals surface area contributed by atoms with Gasteiger partial charge in [-0.25, -0.2) is 4.98 Å². The van der Waals surface area contributed by atoms with Gasteiger partial charge in [0.25, 0.3) is 0 Å². The summed E-state index contributed by atoms with van der Waals surface area (Å²) in [4.78, 5) is 10.4. The fraction of sp³-hybridized carbons (Fsp3) is 0.567. The highest BCUT2D eigenvalue weighted by molar-refractivity contribution is 5.67. The lowest BCUT2D eigenvalue weighted by Gasteiger charge is -2.61. The molecule has 1 spiro atoms. The van der Waals surface area contributed by atoms with E-state index in [1.165, 1.54) is 69.5 Å². The first kappa shape index (κ1) is 23.8. The number of imidazole rings is 1. The van der Waals surface area contributed by atoms with Gasteiger partial charge in [-0.05, 0) is 92.4 Å². The highest BCUT2D eigenvalue weighted by Crippen LogP contribution is 2.50. The van der Waals surface area contributed by atoms with Crippen LogP contribution in [0.2, 0.25) is 0 Å².